The van der Waals surface area contributed by atoms with Crippen LogP contribution in [0.25, 0.3) is 0 Å². The van der Waals surface area contributed by atoms with Crippen LogP contribution in [0.5, 0.6) is 0 Å². The summed E-state index contributed by atoms with van der Waals surface area (Å²) in [5.74, 6) is -1.92. The molecule has 0 aliphatic carbocycles. The molecule has 1 aliphatic rings. The van der Waals surface area contributed by atoms with E-state index in [1.807, 2.05) is 5.32 Å². The lowest BCUT2D eigenvalue weighted by atomic mass is 10.2. The summed E-state index contributed by atoms with van der Waals surface area (Å²) in [5.41, 5.74) is -0.286. The van der Waals surface area contributed by atoms with Gasteiger partial charge in [0, 0.05) is 20.1 Å². The fraction of sp³-hybridized carbons (Fsp3) is 0.400. The van der Waals surface area contributed by atoms with Gasteiger partial charge in [-0.25, -0.2) is 18.0 Å². The van der Waals surface area contributed by atoms with Crippen molar-refractivity contribution >= 4 is 51.1 Å². The fourth-order valence-electron chi connectivity index (χ4n) is 2.24. The lowest BCUT2D eigenvalue weighted by Gasteiger charge is -2.26. The van der Waals surface area contributed by atoms with Gasteiger partial charge in [0.1, 0.15) is 4.90 Å². The molecular formula is C15H17Cl2N3O7S. The van der Waals surface area contributed by atoms with Crippen molar-refractivity contribution in [3.63, 3.8) is 0 Å². The van der Waals surface area contributed by atoms with Crippen molar-refractivity contribution in [1.29, 1.82) is 0 Å². The van der Waals surface area contributed by atoms with E-state index in [9.17, 15) is 22.8 Å². The van der Waals surface area contributed by atoms with Gasteiger partial charge in [-0.05, 0) is 12.1 Å². The molecule has 13 heteroatoms. The van der Waals surface area contributed by atoms with Gasteiger partial charge >= 0.3 is 12.0 Å². The normalized spacial score (nSPS) is 15.0. The predicted molar refractivity (Wildman–Crippen MR) is 98.9 cm³/mol. The van der Waals surface area contributed by atoms with Gasteiger partial charge in [-0.15, -0.1) is 0 Å². The minimum Gasteiger partial charge on any atom is -0.452 e. The second-order valence-electron chi connectivity index (χ2n) is 5.48. The first-order chi connectivity index (χ1) is 13.2. The topological polar surface area (TPSA) is 131 Å². The molecule has 0 bridgehead atoms. The maximum atomic E-state index is 12.8. The highest BCUT2D eigenvalue weighted by molar-refractivity contribution is 7.89. The third-order valence-corrected chi connectivity index (χ3v) is 6.32. The number of carbonyl (C=O) groups excluding carboxylic acids is 3. The number of nitrogens with zero attached hydrogens (tertiary/aromatic N) is 1. The Labute approximate surface area is 171 Å². The smallest absolute Gasteiger partial charge is 0.340 e. The van der Waals surface area contributed by atoms with Gasteiger partial charge in [0.05, 0.1) is 28.8 Å². The van der Waals surface area contributed by atoms with Crippen LogP contribution in [0.3, 0.4) is 0 Å². The maximum absolute atomic E-state index is 12.8. The molecule has 154 valence electrons. The first-order valence-corrected chi connectivity index (χ1v) is 10.1. The van der Waals surface area contributed by atoms with Gasteiger partial charge in [-0.1, -0.05) is 23.2 Å². The van der Waals surface area contributed by atoms with E-state index < -0.39 is 34.5 Å². The van der Waals surface area contributed by atoms with Gasteiger partial charge in [0.2, 0.25) is 10.0 Å². The molecule has 3 amide bonds. The summed E-state index contributed by atoms with van der Waals surface area (Å²) < 4.78 is 36.7. The molecule has 1 saturated heterocycles. The highest BCUT2D eigenvalue weighted by atomic mass is 35.5. The van der Waals surface area contributed by atoms with Crippen LogP contribution in [-0.4, -0.2) is 70.6 Å². The number of imide groups is 1. The van der Waals surface area contributed by atoms with E-state index >= 15 is 0 Å². The first-order valence-electron chi connectivity index (χ1n) is 7.92. The molecule has 10 nitrogen and oxygen atoms in total. The van der Waals surface area contributed by atoms with Crippen molar-refractivity contribution in [3.8, 4) is 0 Å². The number of morpholine rings is 1. The summed E-state index contributed by atoms with van der Waals surface area (Å²) >= 11 is 12.0. The lowest BCUT2D eigenvalue weighted by molar-refractivity contribution is -0.123. The molecule has 1 heterocycles. The van der Waals surface area contributed by atoms with Crippen molar-refractivity contribution in [2.24, 2.45) is 0 Å². The summed E-state index contributed by atoms with van der Waals surface area (Å²) in [5, 5.41) is 3.75. The Kier molecular flexibility index (Phi) is 7.61. The summed E-state index contributed by atoms with van der Waals surface area (Å²) in [4.78, 5) is 34.5. The van der Waals surface area contributed by atoms with Crippen LogP contribution in [-0.2, 0) is 24.3 Å². The van der Waals surface area contributed by atoms with E-state index in [1.54, 1.807) is 0 Å². The second-order valence-corrected chi connectivity index (χ2v) is 8.20. The third-order valence-electron chi connectivity index (χ3n) is 3.64. The number of sulfonamides is 1. The average molecular weight is 454 g/mol. The summed E-state index contributed by atoms with van der Waals surface area (Å²) in [6.45, 7) is -0.0161. The number of ether oxygens (including phenoxy) is 2. The number of halogens is 2. The van der Waals surface area contributed by atoms with Crippen LogP contribution in [0.4, 0.5) is 4.79 Å². The molecule has 0 unspecified atom stereocenters. The molecule has 1 aromatic rings. The zero-order chi connectivity index (χ0) is 20.9. The lowest BCUT2D eigenvalue weighted by Crippen LogP contribution is -2.40. The second kappa shape index (κ2) is 9.52. The van der Waals surface area contributed by atoms with Gasteiger partial charge in [0.15, 0.2) is 6.61 Å². The number of carbonyl (C=O) groups is 3. The van der Waals surface area contributed by atoms with E-state index in [4.69, 9.17) is 32.7 Å². The van der Waals surface area contributed by atoms with E-state index in [1.165, 1.54) is 11.4 Å². The maximum Gasteiger partial charge on any atom is 0.340 e. The molecule has 1 fully saturated rings. The van der Waals surface area contributed by atoms with Gasteiger partial charge < -0.3 is 14.8 Å². The summed E-state index contributed by atoms with van der Waals surface area (Å²) in [6.07, 6.45) is 0. The minimum absolute atomic E-state index is 0.140. The highest BCUT2D eigenvalue weighted by Gasteiger charge is 2.30. The van der Waals surface area contributed by atoms with E-state index in [0.29, 0.717) is 0 Å². The van der Waals surface area contributed by atoms with E-state index in [-0.39, 0.29) is 46.8 Å². The van der Waals surface area contributed by atoms with Crippen LogP contribution in [0.15, 0.2) is 17.0 Å². The molecule has 1 aliphatic heterocycles. The standard InChI is InChI=1S/C15H17Cl2N3O7S/c1-18-15(23)19-13(21)8-27-14(22)9-6-12(11(17)7-10(9)16)28(24,25)20-2-4-26-5-3-20/h6-7H,2-5,8H2,1H3,(H2,18,19,21,23). The molecule has 0 aromatic heterocycles. The Morgan fingerprint density at radius 3 is 2.43 bits per heavy atom. The first kappa shape index (κ1) is 22.4. The van der Waals surface area contributed by atoms with Crippen LogP contribution < -0.4 is 10.6 Å². The van der Waals surface area contributed by atoms with Crippen LogP contribution in [0, 0.1) is 0 Å². The quantitative estimate of drug-likeness (QED) is 0.624. The van der Waals surface area contributed by atoms with Crippen molar-refractivity contribution < 1.29 is 32.3 Å². The number of benzene rings is 1. The Bertz CT molecular complexity index is 886. The monoisotopic (exact) mass is 453 g/mol. The summed E-state index contributed by atoms with van der Waals surface area (Å²) in [6, 6.07) is 1.33. The summed E-state index contributed by atoms with van der Waals surface area (Å²) in [7, 11) is -2.69. The van der Waals surface area contributed by atoms with Crippen LogP contribution in [0.2, 0.25) is 10.0 Å². The minimum atomic E-state index is -3.99. The number of esters is 1. The molecule has 1 aromatic carbocycles. The van der Waals surface area contributed by atoms with E-state index in [2.05, 4.69) is 5.32 Å². The zero-order valence-electron chi connectivity index (χ0n) is 14.7. The van der Waals surface area contributed by atoms with Crippen LogP contribution in [0.1, 0.15) is 10.4 Å². The molecule has 0 atom stereocenters. The van der Waals surface area contributed by atoms with E-state index in [0.717, 1.165) is 12.1 Å². The fourth-order valence-corrected chi connectivity index (χ4v) is 4.48. The number of hydrogen-bond donors (Lipinski definition) is 2. The SMILES string of the molecule is CNC(=O)NC(=O)COC(=O)c1cc(S(=O)(=O)N2CCOCC2)c(Cl)cc1Cl. The van der Waals surface area contributed by atoms with Crippen LogP contribution >= 0.6 is 23.2 Å². The number of amides is 3. The zero-order valence-corrected chi connectivity index (χ0v) is 17.0. The van der Waals surface area contributed by atoms with Crippen molar-refractivity contribution in [2.75, 3.05) is 40.0 Å². The van der Waals surface area contributed by atoms with Gasteiger partial charge in [-0.3, -0.25) is 10.1 Å². The van der Waals surface area contributed by atoms with Gasteiger partial charge in [-0.2, -0.15) is 4.31 Å². The highest BCUT2D eigenvalue weighted by Crippen LogP contribution is 2.31. The molecule has 0 spiro atoms. The molecular weight excluding hydrogens is 437 g/mol. The number of urea groups is 1. The predicted octanol–water partition coefficient (Wildman–Crippen LogP) is 0.627. The molecule has 2 N–H and O–H groups in total. The third kappa shape index (κ3) is 5.32. The Morgan fingerprint density at radius 1 is 1.18 bits per heavy atom. The van der Waals surface area contributed by atoms with Crippen molar-refractivity contribution in [1.82, 2.24) is 14.9 Å². The van der Waals surface area contributed by atoms with Gasteiger partial charge in [0.25, 0.3) is 5.91 Å². The Balaban J connectivity index is 2.21. The average Bonchev–Trinajstić information content (AvgIpc) is 2.66. The van der Waals surface area contributed by atoms with Crippen molar-refractivity contribution in [2.45, 2.75) is 4.90 Å². The number of rotatable bonds is 5. The van der Waals surface area contributed by atoms with Crippen molar-refractivity contribution in [3.05, 3.63) is 27.7 Å². The molecule has 28 heavy (non-hydrogen) atoms. The molecule has 0 saturated carbocycles. The Morgan fingerprint density at radius 2 is 1.82 bits per heavy atom. The number of hydrogen-bond acceptors (Lipinski definition) is 7. The Hall–Kier alpha value is -1.92. The molecule has 0 radical (unpaired) electrons. The molecule has 2 rings (SSSR count). The number of nitrogens with one attached hydrogen (secondary N) is 2. The largest absolute Gasteiger partial charge is 0.452 e.